The van der Waals surface area contributed by atoms with Crippen LogP contribution in [0.2, 0.25) is 0 Å². The number of hydrogen-bond acceptors (Lipinski definition) is 12. The predicted octanol–water partition coefficient (Wildman–Crippen LogP) is 9.91. The molecule has 74 heavy (non-hydrogen) atoms. The standard InChI is InChI=1S/C58H63N9O6S/c1-35(65-30-32-66(33-31-65)47-17-8-15-43-52(63-64(3)54(43)47)44-25-27-51(68)61-56(44)70)10-6-11-37-20-22-39(23-21-37)73-48-18-9-13-40(36(48)2)41-24-26-50(60-53(41)57(71)72)67-29-28-38-12-7-14-42(45(38)34-67)55(69)62-58-59-46-16-4-5-19-49(46)74-58/h4-5,7-9,12-19,24,26,35,37,39,44H,6,10-11,20-23,25,27-34H2,1-3H3,(H,71,72)(H,59,62,69)(H,61,68,70)/t35-,37?,39?,44-/m1/s1. The fourth-order valence-electron chi connectivity index (χ4n) is 11.9. The van der Waals surface area contributed by atoms with Crippen molar-refractivity contribution in [3.8, 4) is 16.9 Å². The zero-order chi connectivity index (χ0) is 51.0. The van der Waals surface area contributed by atoms with E-state index in [0.29, 0.717) is 66.4 Å². The monoisotopic (exact) mass is 1010 g/mol. The van der Waals surface area contributed by atoms with Crippen LogP contribution in [-0.2, 0) is 29.6 Å². The zero-order valence-electron chi connectivity index (χ0n) is 42.3. The van der Waals surface area contributed by atoms with E-state index in [4.69, 9.17) is 14.8 Å². The highest BCUT2D eigenvalue weighted by Crippen LogP contribution is 2.39. The van der Waals surface area contributed by atoms with Crippen molar-refractivity contribution in [2.75, 3.05) is 47.8 Å². The summed E-state index contributed by atoms with van der Waals surface area (Å²) in [6, 6.07) is 30.0. The van der Waals surface area contributed by atoms with Gasteiger partial charge in [0.25, 0.3) is 5.91 Å². The fourth-order valence-corrected chi connectivity index (χ4v) is 12.8. The van der Waals surface area contributed by atoms with Crippen molar-refractivity contribution < 1.29 is 29.0 Å². The second-order valence-electron chi connectivity index (χ2n) is 20.6. The number of thiazole rings is 1. The lowest BCUT2D eigenvalue weighted by Crippen LogP contribution is -2.49. The molecule has 0 spiro atoms. The Balaban J connectivity index is 0.664. The third-order valence-electron chi connectivity index (χ3n) is 16.1. The molecule has 382 valence electrons. The zero-order valence-corrected chi connectivity index (χ0v) is 43.1. The number of fused-ring (bicyclic) bond motifs is 3. The molecule has 2 saturated heterocycles. The van der Waals surface area contributed by atoms with Crippen LogP contribution in [0.1, 0.15) is 114 Å². The number of ether oxygens (including phenoxy) is 1. The fraction of sp³-hybridized carbons (Fsp3) is 0.397. The number of rotatable bonds is 14. The number of carboxylic acids is 1. The van der Waals surface area contributed by atoms with Gasteiger partial charge in [0, 0.05) is 75.3 Å². The number of hydrogen-bond donors (Lipinski definition) is 3. The molecule has 3 fully saturated rings. The Hall–Kier alpha value is -7.17. The maximum Gasteiger partial charge on any atom is 0.355 e. The summed E-state index contributed by atoms with van der Waals surface area (Å²) >= 11 is 1.44. The molecule has 6 heterocycles. The quantitative estimate of drug-likeness (QED) is 0.0881. The number of carboxylic acid groups (broad SMARTS) is 1. The van der Waals surface area contributed by atoms with E-state index in [0.717, 1.165) is 112 Å². The predicted molar refractivity (Wildman–Crippen MR) is 289 cm³/mol. The Morgan fingerprint density at radius 3 is 2.45 bits per heavy atom. The molecular formula is C58H63N9O6S. The molecule has 3 aromatic heterocycles. The van der Waals surface area contributed by atoms with E-state index in [9.17, 15) is 24.3 Å². The number of piperidine rings is 1. The number of nitrogens with zero attached hydrogens (tertiary/aromatic N) is 7. The van der Waals surface area contributed by atoms with Crippen LogP contribution in [-0.4, -0.2) is 98.3 Å². The summed E-state index contributed by atoms with van der Waals surface area (Å²) in [5, 5.41) is 22.4. The molecule has 0 radical (unpaired) electrons. The number of imide groups is 1. The average molecular weight is 1010 g/mol. The van der Waals surface area contributed by atoms with Crippen molar-refractivity contribution in [2.45, 2.75) is 103 Å². The normalized spacial score (nSPS) is 19.9. The first-order chi connectivity index (χ1) is 35.9. The number of benzene rings is 4. The first kappa shape index (κ1) is 49.1. The van der Waals surface area contributed by atoms with Gasteiger partial charge >= 0.3 is 5.97 Å². The molecule has 16 heteroatoms. The third kappa shape index (κ3) is 9.96. The summed E-state index contributed by atoms with van der Waals surface area (Å²) in [4.78, 5) is 67.6. The second-order valence-corrected chi connectivity index (χ2v) is 21.6. The van der Waals surface area contributed by atoms with Gasteiger partial charge in [-0.3, -0.25) is 34.6 Å². The largest absolute Gasteiger partial charge is 0.490 e. The van der Waals surface area contributed by atoms with Gasteiger partial charge in [-0.25, -0.2) is 14.8 Å². The lowest BCUT2D eigenvalue weighted by molar-refractivity contribution is -0.134. The van der Waals surface area contributed by atoms with Crippen LogP contribution in [0.4, 0.5) is 16.6 Å². The van der Waals surface area contributed by atoms with Gasteiger partial charge in [0.15, 0.2) is 10.8 Å². The lowest BCUT2D eigenvalue weighted by atomic mass is 9.84. The Kier molecular flexibility index (Phi) is 13.9. The summed E-state index contributed by atoms with van der Waals surface area (Å²) < 4.78 is 9.61. The number of aromatic carboxylic acids is 1. The number of aryl methyl sites for hydroxylation is 1. The molecule has 0 unspecified atom stereocenters. The van der Waals surface area contributed by atoms with Gasteiger partial charge in [0.1, 0.15) is 11.6 Å². The van der Waals surface area contributed by atoms with Crippen molar-refractivity contribution >= 4 is 72.8 Å². The molecule has 7 aromatic rings. The SMILES string of the molecule is Cc1c(OC2CCC(CCC[C@@H](C)N3CCN(c4cccc5c([C@H]6CCC(=O)NC6=O)nn(C)c45)CC3)CC2)cccc1-c1ccc(N2CCc3cccc(C(=O)Nc4nc5ccccc5s4)c3C2)nc1C(=O)O. The van der Waals surface area contributed by atoms with Gasteiger partial charge in [-0.15, -0.1) is 0 Å². The maximum absolute atomic E-state index is 13.7. The highest BCUT2D eigenvalue weighted by molar-refractivity contribution is 7.22. The first-order valence-electron chi connectivity index (χ1n) is 26.3. The number of pyridine rings is 1. The van der Waals surface area contributed by atoms with Crippen molar-refractivity contribution in [3.05, 3.63) is 125 Å². The Labute approximate surface area is 434 Å². The summed E-state index contributed by atoms with van der Waals surface area (Å²) in [6.07, 6.45) is 9.44. The van der Waals surface area contributed by atoms with Crippen LogP contribution in [0.3, 0.4) is 0 Å². The van der Waals surface area contributed by atoms with Gasteiger partial charge in [-0.05, 0) is 129 Å². The number of piperazine rings is 1. The smallest absolute Gasteiger partial charge is 0.355 e. The lowest BCUT2D eigenvalue weighted by Gasteiger charge is -2.39. The Morgan fingerprint density at radius 2 is 1.65 bits per heavy atom. The molecular weight excluding hydrogens is 951 g/mol. The Morgan fingerprint density at radius 1 is 0.851 bits per heavy atom. The summed E-state index contributed by atoms with van der Waals surface area (Å²) in [5.41, 5.74) is 8.53. The number of carbonyl (C=O) groups excluding carboxylic acids is 3. The minimum Gasteiger partial charge on any atom is -0.490 e. The van der Waals surface area contributed by atoms with E-state index in [2.05, 4.69) is 55.4 Å². The van der Waals surface area contributed by atoms with E-state index in [1.165, 1.54) is 30.6 Å². The molecule has 11 rings (SSSR count). The van der Waals surface area contributed by atoms with E-state index >= 15 is 0 Å². The molecule has 4 aliphatic rings. The van der Waals surface area contributed by atoms with Crippen LogP contribution in [0.25, 0.3) is 32.2 Å². The first-order valence-corrected chi connectivity index (χ1v) is 27.1. The van der Waals surface area contributed by atoms with Crippen molar-refractivity contribution in [3.63, 3.8) is 0 Å². The van der Waals surface area contributed by atoms with E-state index in [-0.39, 0.29) is 29.5 Å². The highest BCUT2D eigenvalue weighted by atomic mass is 32.1. The van der Waals surface area contributed by atoms with E-state index in [1.54, 1.807) is 0 Å². The van der Waals surface area contributed by atoms with Crippen LogP contribution in [0.15, 0.2) is 91.0 Å². The molecule has 1 saturated carbocycles. The van der Waals surface area contributed by atoms with Crippen LogP contribution in [0, 0.1) is 12.8 Å². The molecule has 3 amide bonds. The van der Waals surface area contributed by atoms with Crippen LogP contribution < -0.4 is 25.2 Å². The molecule has 1 aliphatic carbocycles. The number of para-hydroxylation sites is 2. The van der Waals surface area contributed by atoms with Gasteiger partial charge in [-0.2, -0.15) is 5.10 Å². The minimum atomic E-state index is -1.10. The molecule has 4 aromatic carbocycles. The van der Waals surface area contributed by atoms with Gasteiger partial charge in [0.2, 0.25) is 11.8 Å². The Bertz CT molecular complexity index is 3250. The summed E-state index contributed by atoms with van der Waals surface area (Å²) in [6.45, 7) is 9.24. The molecule has 0 bridgehead atoms. The third-order valence-corrected chi connectivity index (χ3v) is 17.0. The maximum atomic E-state index is 13.7. The molecule has 15 nitrogen and oxygen atoms in total. The van der Waals surface area contributed by atoms with Crippen molar-refractivity contribution in [1.29, 1.82) is 0 Å². The van der Waals surface area contributed by atoms with E-state index < -0.39 is 11.9 Å². The topological polar surface area (TPSA) is 175 Å². The second kappa shape index (κ2) is 21.0. The highest BCUT2D eigenvalue weighted by Gasteiger charge is 2.33. The average Bonchev–Trinajstić information content (AvgIpc) is 3.99. The van der Waals surface area contributed by atoms with Crippen LogP contribution >= 0.6 is 11.3 Å². The number of aromatic nitrogens is 4. The minimum absolute atomic E-state index is 0.0189. The van der Waals surface area contributed by atoms with Gasteiger partial charge < -0.3 is 19.6 Å². The van der Waals surface area contributed by atoms with Crippen molar-refractivity contribution in [2.24, 2.45) is 13.0 Å². The van der Waals surface area contributed by atoms with E-state index in [1.807, 2.05) is 91.4 Å². The number of nitrogens with one attached hydrogen (secondary N) is 2. The number of amides is 3. The number of carbonyl (C=O) groups is 4. The van der Waals surface area contributed by atoms with Crippen molar-refractivity contribution in [1.82, 2.24) is 30.0 Å². The number of anilines is 3. The molecule has 3 aliphatic heterocycles. The van der Waals surface area contributed by atoms with Crippen LogP contribution in [0.5, 0.6) is 5.75 Å². The summed E-state index contributed by atoms with van der Waals surface area (Å²) in [7, 11) is 1.95. The van der Waals surface area contributed by atoms with Gasteiger partial charge in [-0.1, -0.05) is 72.7 Å². The molecule has 3 N–H and O–H groups in total. The van der Waals surface area contributed by atoms with Gasteiger partial charge in [0.05, 0.1) is 39.1 Å². The molecule has 2 atom stereocenters. The summed E-state index contributed by atoms with van der Waals surface area (Å²) in [5.74, 6) is -0.215.